The van der Waals surface area contributed by atoms with Gasteiger partial charge < -0.3 is 21.3 Å². The summed E-state index contributed by atoms with van der Waals surface area (Å²) in [6.45, 7) is 0. The predicted molar refractivity (Wildman–Crippen MR) is 43.9 cm³/mol. The van der Waals surface area contributed by atoms with Crippen molar-refractivity contribution in [2.24, 2.45) is 0 Å². The molecule has 11 heavy (non-hydrogen) atoms. The molecule has 2 saturated heterocycles. The Hall–Kier alpha value is -0.730. The van der Waals surface area contributed by atoms with Gasteiger partial charge in [0.2, 0.25) is 3.67 Å². The number of urea groups is 2. The molecule has 0 unspecified atom stereocenters. The second-order valence-corrected chi connectivity index (χ2v) is 4.04. The molecule has 2 aliphatic heterocycles. The summed E-state index contributed by atoms with van der Waals surface area (Å²) < 4.78 is -0.702. The van der Waals surface area contributed by atoms with E-state index < -0.39 is 3.67 Å². The molecule has 0 aliphatic carbocycles. The second-order valence-electron chi connectivity index (χ2n) is 2.34. The third kappa shape index (κ3) is 0.905. The van der Waals surface area contributed by atoms with Crippen LogP contribution < -0.4 is 21.3 Å². The van der Waals surface area contributed by atoms with Crippen LogP contribution in [-0.4, -0.2) is 21.9 Å². The van der Waals surface area contributed by atoms with Crippen LogP contribution >= 0.6 is 22.6 Å². The average molecular weight is 268 g/mol. The molecule has 0 aromatic heterocycles. The van der Waals surface area contributed by atoms with E-state index in [0.717, 1.165) is 0 Å². The minimum Gasteiger partial charge on any atom is -0.313 e. The molecule has 0 aromatic rings. The Morgan fingerprint density at radius 2 is 1.64 bits per heavy atom. The van der Waals surface area contributed by atoms with Gasteiger partial charge in [-0.25, -0.2) is 9.59 Å². The van der Waals surface area contributed by atoms with Gasteiger partial charge in [-0.15, -0.1) is 0 Å². The lowest BCUT2D eigenvalue weighted by molar-refractivity contribution is 0.239. The Morgan fingerprint density at radius 3 is 2.00 bits per heavy atom. The van der Waals surface area contributed by atoms with Gasteiger partial charge in [0.25, 0.3) is 0 Å². The van der Waals surface area contributed by atoms with Crippen molar-refractivity contribution in [2.75, 3.05) is 0 Å². The molecule has 0 bridgehead atoms. The number of nitrogens with one attached hydrogen (secondary N) is 4. The lowest BCUT2D eigenvalue weighted by atomic mass is 10.4. The Labute approximate surface area is 75.6 Å². The summed E-state index contributed by atoms with van der Waals surface area (Å²) in [4.78, 5) is 21.5. The van der Waals surface area contributed by atoms with E-state index in [1.54, 1.807) is 0 Å². The third-order valence-corrected chi connectivity index (χ3v) is 2.70. The highest BCUT2D eigenvalue weighted by Gasteiger charge is 2.51. The molecule has 0 spiro atoms. The Bertz CT molecular complexity index is 222. The van der Waals surface area contributed by atoms with Crippen LogP contribution in [0, 0.1) is 0 Å². The molecular weight excluding hydrogens is 263 g/mol. The van der Waals surface area contributed by atoms with E-state index in [9.17, 15) is 9.59 Å². The first-order valence-electron chi connectivity index (χ1n) is 2.96. The molecule has 0 aromatic carbocycles. The normalized spacial score (nSPS) is 40.3. The molecule has 0 saturated carbocycles. The number of carbonyl (C=O) groups is 2. The van der Waals surface area contributed by atoms with Crippen LogP contribution in [0.15, 0.2) is 0 Å². The van der Waals surface area contributed by atoms with Crippen molar-refractivity contribution >= 4 is 34.7 Å². The molecular formula is C4H5IN4O2. The average Bonchev–Trinajstić information content (AvgIpc) is 2.16. The topological polar surface area (TPSA) is 82.3 Å². The predicted octanol–water partition coefficient (Wildman–Crippen LogP) is -0.973. The number of rotatable bonds is 0. The van der Waals surface area contributed by atoms with Crippen LogP contribution in [0.2, 0.25) is 0 Å². The number of carbonyl (C=O) groups excluding carboxylic acids is 2. The van der Waals surface area contributed by atoms with E-state index in [2.05, 4.69) is 21.3 Å². The lowest BCUT2D eigenvalue weighted by Crippen LogP contribution is -2.50. The monoisotopic (exact) mass is 268 g/mol. The molecule has 2 rings (SSSR count). The minimum absolute atomic E-state index is 0.281. The van der Waals surface area contributed by atoms with Gasteiger partial charge in [0.05, 0.1) is 0 Å². The zero-order chi connectivity index (χ0) is 8.06. The van der Waals surface area contributed by atoms with Crippen LogP contribution in [0.5, 0.6) is 0 Å². The summed E-state index contributed by atoms with van der Waals surface area (Å²) in [5, 5.41) is 10.2. The highest BCUT2D eigenvalue weighted by atomic mass is 127. The van der Waals surface area contributed by atoms with Crippen LogP contribution in [0.25, 0.3) is 0 Å². The van der Waals surface area contributed by atoms with Crippen molar-refractivity contribution in [1.29, 1.82) is 0 Å². The van der Waals surface area contributed by atoms with Gasteiger partial charge in [-0.1, -0.05) is 0 Å². The number of halogens is 1. The van der Waals surface area contributed by atoms with E-state index in [1.807, 2.05) is 22.6 Å². The molecule has 4 amide bonds. The highest BCUT2D eigenvalue weighted by Crippen LogP contribution is 2.22. The molecule has 0 atom stereocenters. The molecule has 6 nitrogen and oxygen atoms in total. The Balaban J connectivity index is 2.25. The molecule has 4 N–H and O–H groups in total. The van der Waals surface area contributed by atoms with Gasteiger partial charge in [0.1, 0.15) is 0 Å². The fourth-order valence-corrected chi connectivity index (χ4v) is 1.88. The first kappa shape index (κ1) is 6.95. The quantitative estimate of drug-likeness (QED) is 0.259. The zero-order valence-corrected chi connectivity index (χ0v) is 7.43. The summed E-state index contributed by atoms with van der Waals surface area (Å²) in [7, 11) is 0. The van der Waals surface area contributed by atoms with Crippen molar-refractivity contribution < 1.29 is 9.59 Å². The van der Waals surface area contributed by atoms with Gasteiger partial charge in [-0.3, -0.25) is 0 Å². The number of hydrogen-bond donors (Lipinski definition) is 4. The van der Waals surface area contributed by atoms with Gasteiger partial charge >= 0.3 is 12.1 Å². The van der Waals surface area contributed by atoms with Crippen molar-refractivity contribution in [3.05, 3.63) is 0 Å². The fourth-order valence-electron chi connectivity index (χ4n) is 1.08. The Kier molecular flexibility index (Phi) is 1.20. The van der Waals surface area contributed by atoms with E-state index in [-0.39, 0.29) is 18.2 Å². The molecule has 2 heterocycles. The Morgan fingerprint density at radius 1 is 1.18 bits per heavy atom. The second kappa shape index (κ2) is 1.90. The standard InChI is InChI=1S/C4H5IN4O2/c5-4-1(6-2(10)8-4)7-3(11)9-4/h1H,(H2,6,8,10)(H2,7,9,11). The van der Waals surface area contributed by atoms with Crippen molar-refractivity contribution in [3.63, 3.8) is 0 Å². The van der Waals surface area contributed by atoms with E-state index in [1.165, 1.54) is 0 Å². The molecule has 60 valence electrons. The largest absolute Gasteiger partial charge is 0.319 e. The summed E-state index contributed by atoms with van der Waals surface area (Å²) in [6, 6.07) is -0.561. The maximum atomic E-state index is 10.8. The van der Waals surface area contributed by atoms with Crippen molar-refractivity contribution in [2.45, 2.75) is 9.84 Å². The van der Waals surface area contributed by atoms with E-state index in [0.29, 0.717) is 0 Å². The van der Waals surface area contributed by atoms with Crippen molar-refractivity contribution in [3.8, 4) is 0 Å². The number of hydrogen-bond acceptors (Lipinski definition) is 2. The molecule has 2 fully saturated rings. The summed E-state index contributed by atoms with van der Waals surface area (Å²) >= 11 is 1.96. The lowest BCUT2D eigenvalue weighted by Gasteiger charge is -2.17. The molecule has 0 radical (unpaired) electrons. The van der Waals surface area contributed by atoms with E-state index >= 15 is 0 Å². The number of amides is 4. The number of fused-ring (bicyclic) bond motifs is 1. The van der Waals surface area contributed by atoms with Crippen LogP contribution in [0.1, 0.15) is 0 Å². The smallest absolute Gasteiger partial charge is 0.313 e. The first-order chi connectivity index (χ1) is 5.10. The summed E-state index contributed by atoms with van der Waals surface area (Å²) in [5.41, 5.74) is 0. The van der Waals surface area contributed by atoms with Crippen LogP contribution in [0.3, 0.4) is 0 Å². The van der Waals surface area contributed by atoms with Gasteiger partial charge in [-0.2, -0.15) is 0 Å². The van der Waals surface area contributed by atoms with Gasteiger partial charge in [-0.05, 0) is 22.6 Å². The van der Waals surface area contributed by atoms with Crippen molar-refractivity contribution in [1.82, 2.24) is 21.3 Å². The van der Waals surface area contributed by atoms with Gasteiger partial charge in [0, 0.05) is 0 Å². The third-order valence-electron chi connectivity index (χ3n) is 1.54. The SMILES string of the molecule is O=C1NC2NC(=O)NC2(I)N1. The summed E-state index contributed by atoms with van der Waals surface area (Å²) in [6.07, 6.45) is -0.358. The van der Waals surface area contributed by atoms with E-state index in [4.69, 9.17) is 0 Å². The highest BCUT2D eigenvalue weighted by molar-refractivity contribution is 14.1. The first-order valence-corrected chi connectivity index (χ1v) is 4.04. The number of alkyl halides is 1. The van der Waals surface area contributed by atoms with Crippen LogP contribution in [-0.2, 0) is 0 Å². The maximum absolute atomic E-state index is 10.8. The van der Waals surface area contributed by atoms with Gasteiger partial charge in [0.15, 0.2) is 6.17 Å². The zero-order valence-electron chi connectivity index (χ0n) is 5.27. The molecule has 7 heteroatoms. The maximum Gasteiger partial charge on any atom is 0.319 e. The molecule has 2 aliphatic rings. The fraction of sp³-hybridized carbons (Fsp3) is 0.500. The summed E-state index contributed by atoms with van der Waals surface area (Å²) in [5.74, 6) is 0. The van der Waals surface area contributed by atoms with Crippen LogP contribution in [0.4, 0.5) is 9.59 Å². The minimum atomic E-state index is -0.702.